The fourth-order valence-electron chi connectivity index (χ4n) is 9.14. The normalized spacial score (nSPS) is 19.1. The highest BCUT2D eigenvalue weighted by Gasteiger charge is 2.41. The molecule has 1 unspecified atom stereocenters. The number of amides is 3. The highest BCUT2D eigenvalue weighted by atomic mass is 35.5. The van der Waals surface area contributed by atoms with E-state index in [4.69, 9.17) is 21.3 Å². The number of carbonyl (C=O) groups excluding carboxylic acids is 3. The van der Waals surface area contributed by atoms with Crippen molar-refractivity contribution < 1.29 is 27.5 Å². The molecule has 8 rings (SSSR count). The van der Waals surface area contributed by atoms with Crippen molar-refractivity contribution in [3.8, 4) is 5.75 Å². The van der Waals surface area contributed by atoms with Crippen LogP contribution in [0, 0.1) is 0 Å². The molecule has 3 N–H and O–H groups in total. The van der Waals surface area contributed by atoms with Crippen LogP contribution in [0.15, 0.2) is 71.8 Å². The van der Waals surface area contributed by atoms with E-state index in [1.807, 2.05) is 24.3 Å². The lowest BCUT2D eigenvalue weighted by Crippen LogP contribution is -2.53. The van der Waals surface area contributed by atoms with Gasteiger partial charge in [-0.05, 0) is 87.6 Å². The first-order valence-electron chi connectivity index (χ1n) is 21.6. The van der Waals surface area contributed by atoms with Crippen molar-refractivity contribution in [1.29, 1.82) is 0 Å². The lowest BCUT2D eigenvalue weighted by atomic mass is 10.0. The third-order valence-corrected chi connectivity index (χ3v) is 16.1. The number of fused-ring (bicyclic) bond motifs is 1. The molecule has 0 saturated carbocycles. The minimum atomic E-state index is -3.66. The molecule has 1 aromatic heterocycles. The molecule has 0 radical (unpaired) electrons. The van der Waals surface area contributed by atoms with Crippen LogP contribution in [-0.2, 0) is 26.0 Å². The van der Waals surface area contributed by atoms with Gasteiger partial charge in [-0.25, -0.2) is 13.4 Å². The van der Waals surface area contributed by atoms with Gasteiger partial charge >= 0.3 is 0 Å². The van der Waals surface area contributed by atoms with Crippen LogP contribution in [0.5, 0.6) is 5.75 Å². The topological polar surface area (TPSA) is 169 Å². The van der Waals surface area contributed by atoms with Crippen molar-refractivity contribution in [2.45, 2.75) is 62.0 Å². The summed E-state index contributed by atoms with van der Waals surface area (Å²) in [6.07, 6.45) is 5.36. The number of piperidine rings is 2. The molecule has 3 aromatic carbocycles. The summed E-state index contributed by atoms with van der Waals surface area (Å²) >= 11 is 6.52. The molecular weight excluding hydrogens is 861 g/mol. The third kappa shape index (κ3) is 10.1. The molecule has 4 aliphatic rings. The van der Waals surface area contributed by atoms with Gasteiger partial charge in [-0.1, -0.05) is 43.8 Å². The smallest absolute Gasteiger partial charge is 0.255 e. The maximum absolute atomic E-state index is 13.6. The first kappa shape index (κ1) is 44.7. The summed E-state index contributed by atoms with van der Waals surface area (Å²) in [6, 6.07) is 18.9. The van der Waals surface area contributed by atoms with E-state index in [9.17, 15) is 22.8 Å². The van der Waals surface area contributed by atoms with Crippen molar-refractivity contribution in [3.63, 3.8) is 0 Å². The number of imide groups is 1. The Morgan fingerprint density at radius 2 is 1.68 bits per heavy atom. The Kier molecular flexibility index (Phi) is 13.8. The molecule has 3 saturated heterocycles. The first-order chi connectivity index (χ1) is 30.4. The number of unbranched alkanes of at least 4 members (excludes halogenated alkanes) is 1. The van der Waals surface area contributed by atoms with E-state index in [2.05, 4.69) is 67.2 Å². The molecule has 1 atom stereocenters. The van der Waals surface area contributed by atoms with Crippen molar-refractivity contribution >= 4 is 81.2 Å². The number of anilines is 5. The molecule has 15 nitrogen and oxygen atoms in total. The van der Waals surface area contributed by atoms with Gasteiger partial charge in [-0.15, -0.1) is 0 Å². The highest BCUT2D eigenvalue weighted by Crippen LogP contribution is 2.36. The number of benzene rings is 3. The maximum Gasteiger partial charge on any atom is 0.255 e. The lowest BCUT2D eigenvalue weighted by molar-refractivity contribution is -0.136. The zero-order valence-electron chi connectivity index (χ0n) is 36.0. The number of rotatable bonds is 15. The Labute approximate surface area is 375 Å². The number of ether oxygens (including phenoxy) is 1. The monoisotopic (exact) mass is 915 g/mol. The maximum atomic E-state index is 13.6. The number of para-hydroxylation sites is 1. The second-order valence-corrected chi connectivity index (χ2v) is 21.5. The van der Waals surface area contributed by atoms with Crippen molar-refractivity contribution in [3.05, 3.63) is 83.0 Å². The van der Waals surface area contributed by atoms with Gasteiger partial charge in [0.15, 0.2) is 15.7 Å². The molecule has 334 valence electrons. The SMILES string of the molecule is COc1cc(N2CCC(N3CCN(CCCCS(=O)(=O)c4cccc5c4CN(C4CCC(=O)NC4=O)C5=O)CC3)CC2)ccc1Nc1ncc(Cl)c(Nc2ccccc2P(C)C)n1. The van der Waals surface area contributed by atoms with Gasteiger partial charge in [0, 0.05) is 86.8 Å². The fraction of sp³-hybridized carbons (Fsp3) is 0.444. The van der Waals surface area contributed by atoms with E-state index in [-0.39, 0.29) is 49.8 Å². The van der Waals surface area contributed by atoms with Crippen LogP contribution < -0.4 is 30.9 Å². The first-order valence-corrected chi connectivity index (χ1v) is 25.9. The molecule has 0 bridgehead atoms. The van der Waals surface area contributed by atoms with Crippen LogP contribution in [0.2, 0.25) is 5.02 Å². The Bertz CT molecular complexity index is 2460. The predicted octanol–water partition coefficient (Wildman–Crippen LogP) is 5.59. The largest absolute Gasteiger partial charge is 0.494 e. The summed E-state index contributed by atoms with van der Waals surface area (Å²) in [6.45, 7) is 11.1. The number of sulfone groups is 1. The average molecular weight is 916 g/mol. The molecule has 3 fully saturated rings. The summed E-state index contributed by atoms with van der Waals surface area (Å²) in [5.41, 5.74) is 3.59. The van der Waals surface area contributed by atoms with Gasteiger partial charge in [0.25, 0.3) is 5.91 Å². The molecule has 0 aliphatic carbocycles. The minimum absolute atomic E-state index is 0.00993. The number of nitrogens with zero attached hydrogens (tertiary/aromatic N) is 6. The van der Waals surface area contributed by atoms with Crippen LogP contribution in [0.4, 0.5) is 28.8 Å². The number of piperazine rings is 1. The molecule has 4 aliphatic heterocycles. The van der Waals surface area contributed by atoms with Gasteiger partial charge in [-0.3, -0.25) is 24.6 Å². The predicted molar refractivity (Wildman–Crippen MR) is 248 cm³/mol. The summed E-state index contributed by atoms with van der Waals surface area (Å²) in [5.74, 6) is 0.363. The van der Waals surface area contributed by atoms with Gasteiger partial charge < -0.3 is 30.1 Å². The average Bonchev–Trinajstić information content (AvgIpc) is 3.62. The number of hydrogen-bond donors (Lipinski definition) is 3. The summed E-state index contributed by atoms with van der Waals surface area (Å²) < 4.78 is 33.0. The molecule has 3 amide bonds. The number of hydrogen-bond acceptors (Lipinski definition) is 13. The quantitative estimate of drug-likeness (QED) is 0.0767. The Balaban J connectivity index is 0.779. The van der Waals surface area contributed by atoms with E-state index >= 15 is 0 Å². The van der Waals surface area contributed by atoms with Crippen LogP contribution in [-0.4, -0.2) is 135 Å². The molecule has 0 spiro atoms. The second kappa shape index (κ2) is 19.5. The van der Waals surface area contributed by atoms with E-state index in [1.54, 1.807) is 31.5 Å². The Morgan fingerprint density at radius 1 is 0.905 bits per heavy atom. The number of aromatic nitrogens is 2. The zero-order valence-corrected chi connectivity index (χ0v) is 38.4. The van der Waals surface area contributed by atoms with E-state index in [0.717, 1.165) is 82.1 Å². The molecule has 18 heteroatoms. The second-order valence-electron chi connectivity index (χ2n) is 16.7. The number of carbonyl (C=O) groups is 3. The van der Waals surface area contributed by atoms with E-state index in [0.29, 0.717) is 46.1 Å². The third-order valence-electron chi connectivity index (χ3n) is 12.6. The summed E-state index contributed by atoms with van der Waals surface area (Å²) in [4.78, 5) is 55.5. The molecule has 4 aromatic rings. The van der Waals surface area contributed by atoms with E-state index < -0.39 is 21.8 Å². The zero-order chi connectivity index (χ0) is 44.3. The van der Waals surface area contributed by atoms with Crippen molar-refractivity contribution in [2.24, 2.45) is 0 Å². The standard InChI is InChI=1S/C45H55ClN9O6PS/c1-61-38-27-31(13-14-35(38)49-45-47-28-34(46)42(51-45)48-36-10-4-5-11-39(36)62(2)3)53-20-17-30(18-21-53)54-24-22-52(23-25-54)19-6-7-26-63(59,60)40-12-8-9-32-33(40)29-55(44(32)58)37-15-16-41(56)50-43(37)57/h4-5,8-14,27-28,30,37H,6-7,15-26,29H2,1-3H3,(H,50,56,57)(H2,47,48,49,51). The number of nitrogens with one attached hydrogen (secondary N) is 3. The van der Waals surface area contributed by atoms with Gasteiger partial charge in [0.1, 0.15) is 16.8 Å². The summed E-state index contributed by atoms with van der Waals surface area (Å²) in [7, 11) is -2.32. The van der Waals surface area contributed by atoms with Gasteiger partial charge in [0.05, 0.1) is 29.6 Å². The molecule has 5 heterocycles. The highest BCUT2D eigenvalue weighted by molar-refractivity contribution is 7.91. The lowest BCUT2D eigenvalue weighted by Gasteiger charge is -2.43. The van der Waals surface area contributed by atoms with Crippen LogP contribution in [0.3, 0.4) is 0 Å². The number of methoxy groups -OCH3 is 1. The van der Waals surface area contributed by atoms with Crippen LogP contribution >= 0.6 is 19.5 Å². The van der Waals surface area contributed by atoms with Crippen molar-refractivity contribution in [2.75, 3.05) is 87.5 Å². The Morgan fingerprint density at radius 3 is 2.43 bits per heavy atom. The van der Waals surface area contributed by atoms with Gasteiger partial charge in [0.2, 0.25) is 17.8 Å². The van der Waals surface area contributed by atoms with Crippen molar-refractivity contribution in [1.82, 2.24) is 30.0 Å². The van der Waals surface area contributed by atoms with Gasteiger partial charge in [-0.2, -0.15) is 4.98 Å². The van der Waals surface area contributed by atoms with E-state index in [1.165, 1.54) is 10.2 Å². The summed E-state index contributed by atoms with van der Waals surface area (Å²) in [5, 5.41) is 10.7. The molecular formula is C45H55ClN9O6PS. The van der Waals surface area contributed by atoms with Crippen LogP contribution in [0.1, 0.15) is 54.4 Å². The Hall–Kier alpha value is -4.86. The van der Waals surface area contributed by atoms with Crippen LogP contribution in [0.25, 0.3) is 0 Å². The molecule has 63 heavy (non-hydrogen) atoms. The fourth-order valence-corrected chi connectivity index (χ4v) is 11.9. The minimum Gasteiger partial charge on any atom is -0.494 e. The number of halogens is 1.